The second-order valence-electron chi connectivity index (χ2n) is 9.11. The lowest BCUT2D eigenvalue weighted by Crippen LogP contribution is -2.30. The number of amides is 2. The van der Waals surface area contributed by atoms with Crippen molar-refractivity contribution in [1.29, 1.82) is 5.26 Å². The first-order valence-corrected chi connectivity index (χ1v) is 12.6. The van der Waals surface area contributed by atoms with Gasteiger partial charge in [0.1, 0.15) is 10.8 Å². The van der Waals surface area contributed by atoms with E-state index < -0.39 is 0 Å². The molecule has 34 heavy (non-hydrogen) atoms. The standard InChI is InChI=1S/C25H27N5O3S/c26-14-28-25(33-18-4-2-1-3-5-18)29-17-10-11-20-19(12-17)21(23(32)27-13-15-6-7-15)24(34-20)30-22(31)16-8-9-16/h1-5,15-17H,6-13H2,(H,27,32)(H,28,29)(H,30,31). The fourth-order valence-corrected chi connectivity index (χ4v) is 5.35. The van der Waals surface area contributed by atoms with Gasteiger partial charge in [-0.25, -0.2) is 10.3 Å². The van der Waals surface area contributed by atoms with E-state index in [0.717, 1.165) is 49.0 Å². The maximum absolute atomic E-state index is 13.2. The van der Waals surface area contributed by atoms with E-state index >= 15 is 0 Å². The molecule has 1 atom stereocenters. The maximum atomic E-state index is 13.2. The number of carbonyl (C=O) groups excluding carboxylic acids is 2. The van der Waals surface area contributed by atoms with Gasteiger partial charge in [0.2, 0.25) is 5.91 Å². The number of hydrogen-bond acceptors (Lipinski definition) is 6. The van der Waals surface area contributed by atoms with Gasteiger partial charge in [0, 0.05) is 17.3 Å². The van der Waals surface area contributed by atoms with E-state index in [9.17, 15) is 9.59 Å². The highest BCUT2D eigenvalue weighted by Crippen LogP contribution is 2.40. The second-order valence-corrected chi connectivity index (χ2v) is 10.2. The Morgan fingerprint density at radius 2 is 1.94 bits per heavy atom. The van der Waals surface area contributed by atoms with Crippen LogP contribution >= 0.6 is 11.3 Å². The van der Waals surface area contributed by atoms with Crippen molar-refractivity contribution >= 4 is 34.2 Å². The van der Waals surface area contributed by atoms with Crippen molar-refractivity contribution in [3.05, 3.63) is 46.3 Å². The molecule has 3 aliphatic carbocycles. The molecule has 176 valence electrons. The molecule has 2 amide bonds. The van der Waals surface area contributed by atoms with Crippen LogP contribution in [0.3, 0.4) is 0 Å². The Kier molecular flexibility index (Phi) is 6.50. The first kappa shape index (κ1) is 22.4. The second kappa shape index (κ2) is 9.85. The van der Waals surface area contributed by atoms with Crippen molar-refractivity contribution < 1.29 is 14.3 Å². The molecule has 3 aliphatic rings. The SMILES string of the molecule is N#CNC(=NC1CCc2sc(NC(=O)C3CC3)c(C(=O)NCC3CC3)c2C1)Oc1ccccc1. The fourth-order valence-electron chi connectivity index (χ4n) is 4.11. The number of para-hydroxylation sites is 1. The minimum Gasteiger partial charge on any atom is -0.425 e. The zero-order chi connectivity index (χ0) is 23.5. The Morgan fingerprint density at radius 3 is 2.65 bits per heavy atom. The highest BCUT2D eigenvalue weighted by Gasteiger charge is 2.34. The summed E-state index contributed by atoms with van der Waals surface area (Å²) >= 11 is 1.51. The van der Waals surface area contributed by atoms with Crippen LogP contribution in [0.25, 0.3) is 0 Å². The van der Waals surface area contributed by atoms with Gasteiger partial charge in [-0.1, -0.05) is 18.2 Å². The van der Waals surface area contributed by atoms with Crippen LogP contribution in [0.5, 0.6) is 5.75 Å². The van der Waals surface area contributed by atoms with E-state index in [1.165, 1.54) is 11.3 Å². The predicted octanol–water partition coefficient (Wildman–Crippen LogP) is 3.60. The molecule has 2 fully saturated rings. The third-order valence-electron chi connectivity index (χ3n) is 6.32. The average molecular weight is 478 g/mol. The van der Waals surface area contributed by atoms with Crippen molar-refractivity contribution in [2.24, 2.45) is 16.8 Å². The summed E-state index contributed by atoms with van der Waals surface area (Å²) in [4.78, 5) is 31.5. The van der Waals surface area contributed by atoms with Gasteiger partial charge in [0.15, 0.2) is 6.19 Å². The van der Waals surface area contributed by atoms with E-state index in [0.29, 0.717) is 35.2 Å². The van der Waals surface area contributed by atoms with Gasteiger partial charge in [0.05, 0.1) is 11.6 Å². The number of aryl methyl sites for hydroxylation is 1. The predicted molar refractivity (Wildman–Crippen MR) is 130 cm³/mol. The number of aliphatic imine (C=N–C) groups is 1. The molecule has 1 unspecified atom stereocenters. The minimum absolute atomic E-state index is 0.00109. The normalized spacial score (nSPS) is 19.5. The van der Waals surface area contributed by atoms with Gasteiger partial charge >= 0.3 is 6.02 Å². The summed E-state index contributed by atoms with van der Waals surface area (Å²) in [7, 11) is 0. The van der Waals surface area contributed by atoms with Crippen molar-refractivity contribution in [2.45, 2.75) is 51.0 Å². The summed E-state index contributed by atoms with van der Waals surface area (Å²) < 4.78 is 5.77. The molecule has 0 bridgehead atoms. The summed E-state index contributed by atoms with van der Waals surface area (Å²) in [5, 5.41) is 18.4. The first-order chi connectivity index (χ1) is 16.6. The van der Waals surface area contributed by atoms with E-state index in [4.69, 9.17) is 10.00 Å². The molecular weight excluding hydrogens is 450 g/mol. The molecular formula is C25H27N5O3S. The number of nitrogens with zero attached hydrogens (tertiary/aromatic N) is 2. The zero-order valence-corrected chi connectivity index (χ0v) is 19.6. The van der Waals surface area contributed by atoms with Crippen LogP contribution in [0.1, 0.15) is 52.9 Å². The van der Waals surface area contributed by atoms with E-state index in [2.05, 4.69) is 20.9 Å². The lowest BCUT2D eigenvalue weighted by molar-refractivity contribution is -0.117. The monoisotopic (exact) mass is 477 g/mol. The highest BCUT2D eigenvalue weighted by molar-refractivity contribution is 7.17. The van der Waals surface area contributed by atoms with Gasteiger partial charge in [-0.15, -0.1) is 11.3 Å². The van der Waals surface area contributed by atoms with Crippen molar-refractivity contribution in [2.75, 3.05) is 11.9 Å². The lowest BCUT2D eigenvalue weighted by atomic mass is 9.91. The van der Waals surface area contributed by atoms with Gasteiger partial charge in [-0.05, 0) is 68.6 Å². The molecule has 8 nitrogen and oxygen atoms in total. The van der Waals surface area contributed by atoms with E-state index in [-0.39, 0.29) is 29.8 Å². The quantitative estimate of drug-likeness (QED) is 0.244. The van der Waals surface area contributed by atoms with Crippen LogP contribution in [-0.4, -0.2) is 30.4 Å². The molecule has 0 aliphatic heterocycles. The summed E-state index contributed by atoms with van der Waals surface area (Å²) in [6.07, 6.45) is 8.08. The molecule has 1 aromatic carbocycles. The fraction of sp³-hybridized carbons (Fsp3) is 0.440. The topological polar surface area (TPSA) is 116 Å². The number of benzene rings is 1. The van der Waals surface area contributed by atoms with Crippen LogP contribution in [0.4, 0.5) is 5.00 Å². The smallest absolute Gasteiger partial charge is 0.304 e. The molecule has 2 saturated carbocycles. The number of amidine groups is 1. The van der Waals surface area contributed by atoms with Crippen molar-refractivity contribution in [1.82, 2.24) is 10.6 Å². The number of nitrogens with one attached hydrogen (secondary N) is 3. The van der Waals surface area contributed by atoms with Crippen molar-refractivity contribution in [3.8, 4) is 11.9 Å². The third kappa shape index (κ3) is 5.39. The number of rotatable bonds is 7. The molecule has 1 heterocycles. The molecule has 5 rings (SSSR count). The molecule has 1 aromatic heterocycles. The van der Waals surface area contributed by atoms with E-state index in [1.54, 1.807) is 12.1 Å². The van der Waals surface area contributed by atoms with E-state index in [1.807, 2.05) is 24.4 Å². The largest absolute Gasteiger partial charge is 0.425 e. The Hall–Kier alpha value is -3.38. The van der Waals surface area contributed by atoms with Crippen LogP contribution < -0.4 is 20.7 Å². The van der Waals surface area contributed by atoms with Crippen LogP contribution in [0.15, 0.2) is 35.3 Å². The Labute approximate surface area is 202 Å². The van der Waals surface area contributed by atoms with Crippen molar-refractivity contribution in [3.63, 3.8) is 0 Å². The third-order valence-corrected chi connectivity index (χ3v) is 7.52. The van der Waals surface area contributed by atoms with Gasteiger partial charge in [0.25, 0.3) is 5.91 Å². The minimum atomic E-state index is -0.149. The van der Waals surface area contributed by atoms with Crippen LogP contribution in [-0.2, 0) is 17.6 Å². The lowest BCUT2D eigenvalue weighted by Gasteiger charge is -2.20. The molecule has 0 radical (unpaired) electrons. The Bertz CT molecular complexity index is 1150. The zero-order valence-electron chi connectivity index (χ0n) is 18.8. The Balaban J connectivity index is 1.38. The number of hydrogen-bond donors (Lipinski definition) is 3. The Morgan fingerprint density at radius 1 is 1.15 bits per heavy atom. The molecule has 9 heteroatoms. The van der Waals surface area contributed by atoms with Gasteiger partial charge < -0.3 is 15.4 Å². The summed E-state index contributed by atoms with van der Waals surface area (Å²) in [5.74, 6) is 1.09. The van der Waals surface area contributed by atoms with Crippen LogP contribution in [0.2, 0.25) is 0 Å². The number of thiophene rings is 1. The molecule has 2 aromatic rings. The molecule has 0 spiro atoms. The number of fused-ring (bicyclic) bond motifs is 1. The number of nitriles is 1. The maximum Gasteiger partial charge on any atom is 0.304 e. The molecule has 3 N–H and O–H groups in total. The van der Waals surface area contributed by atoms with Gasteiger partial charge in [-0.2, -0.15) is 5.26 Å². The molecule has 0 saturated heterocycles. The number of anilines is 1. The average Bonchev–Trinajstić information content (AvgIpc) is 3.75. The summed E-state index contributed by atoms with van der Waals surface area (Å²) in [6.45, 7) is 0.669. The van der Waals surface area contributed by atoms with Crippen LogP contribution in [0, 0.1) is 23.3 Å². The van der Waals surface area contributed by atoms with Gasteiger partial charge in [-0.3, -0.25) is 9.59 Å². The number of ether oxygens (including phenoxy) is 1. The summed E-state index contributed by atoms with van der Waals surface area (Å²) in [6, 6.07) is 9.16. The first-order valence-electron chi connectivity index (χ1n) is 11.8. The number of carbonyl (C=O) groups is 2. The summed E-state index contributed by atoms with van der Waals surface area (Å²) in [5.41, 5.74) is 1.52. The highest BCUT2D eigenvalue weighted by atomic mass is 32.1.